The molecular weight excluding hydrogens is 501 g/mol. The first kappa shape index (κ1) is 28.4. The molecule has 18 heteroatoms. The molecule has 0 bridgehead atoms. The van der Waals surface area contributed by atoms with Crippen LogP contribution in [0.4, 0.5) is 0 Å². The van der Waals surface area contributed by atoms with E-state index in [1.165, 1.54) is 0 Å². The molecule has 1 fully saturated rings. The number of hydrogen-bond donors (Lipinski definition) is 7. The molecule has 15 nitrogen and oxygen atoms in total. The maximum Gasteiger partial charge on any atom is 0.353 e. The van der Waals surface area contributed by atoms with Crippen LogP contribution >= 0.6 is 22.8 Å². The van der Waals surface area contributed by atoms with Gasteiger partial charge in [0.2, 0.25) is 0 Å². The maximum atomic E-state index is 12.1. The van der Waals surface area contributed by atoms with E-state index >= 15 is 0 Å². The van der Waals surface area contributed by atoms with Crippen LogP contribution in [0.3, 0.4) is 0 Å². The van der Waals surface area contributed by atoms with Gasteiger partial charge in [-0.15, -0.1) is 0 Å². The van der Waals surface area contributed by atoms with Crippen LogP contribution in [0.2, 0.25) is 0 Å². The van der Waals surface area contributed by atoms with Gasteiger partial charge in [-0.05, 0) is 13.3 Å². The molecule has 0 aromatic carbocycles. The van der Waals surface area contributed by atoms with E-state index in [2.05, 4.69) is 0 Å². The van der Waals surface area contributed by atoms with Crippen LogP contribution < -0.4 is 0 Å². The highest BCUT2D eigenvalue weighted by atomic mass is 31.2. The molecule has 0 aliphatic carbocycles. The van der Waals surface area contributed by atoms with E-state index in [-0.39, 0.29) is 6.42 Å². The Bertz CT molecular complexity index is 766. The Hall–Kier alpha value is 0.210. The molecule has 32 heavy (non-hydrogen) atoms. The van der Waals surface area contributed by atoms with Crippen LogP contribution in [-0.4, -0.2) is 97.5 Å². The molecule has 1 saturated heterocycles. The van der Waals surface area contributed by atoms with Gasteiger partial charge in [0.15, 0.2) is 5.79 Å². The zero-order valence-corrected chi connectivity index (χ0v) is 20.1. The number of hydrogen-bond acceptors (Lipinski definition) is 12. The summed E-state index contributed by atoms with van der Waals surface area (Å²) in [7, 11) is -14.6. The molecule has 0 amide bonds. The van der Waals surface area contributed by atoms with E-state index in [9.17, 15) is 33.5 Å². The summed E-state index contributed by atoms with van der Waals surface area (Å²) >= 11 is 0. The molecule has 0 spiro atoms. The van der Waals surface area contributed by atoms with Gasteiger partial charge < -0.3 is 44.6 Å². The average molecular weight is 533 g/mol. The molecule has 0 radical (unpaired) electrons. The molecule has 192 valence electrons. The lowest BCUT2D eigenvalue weighted by atomic mass is 9.93. The van der Waals surface area contributed by atoms with E-state index in [0.29, 0.717) is 6.42 Å². The summed E-state index contributed by atoms with van der Waals surface area (Å²) < 4.78 is 69.2. The Balaban J connectivity index is 3.49. The van der Waals surface area contributed by atoms with Crippen molar-refractivity contribution in [3.05, 3.63) is 0 Å². The summed E-state index contributed by atoms with van der Waals surface area (Å²) in [6.07, 6.45) is -11.4. The number of aliphatic hydroxyl groups is 4. The lowest BCUT2D eigenvalue weighted by Gasteiger charge is -2.49. The molecule has 1 aliphatic heterocycles. The second-order valence-electron chi connectivity index (χ2n) is 7.00. The minimum Gasteiger partial charge on any atom is -0.384 e. The Kier molecular flexibility index (Phi) is 10.9. The fourth-order valence-electron chi connectivity index (χ4n) is 2.68. The third-order valence-electron chi connectivity index (χ3n) is 4.08. The van der Waals surface area contributed by atoms with Crippen LogP contribution in [0, 0.1) is 0 Å². The third-order valence-corrected chi connectivity index (χ3v) is 6.85. The molecule has 9 atom stereocenters. The Morgan fingerprint density at radius 1 is 0.938 bits per heavy atom. The number of rotatable bonds is 14. The van der Waals surface area contributed by atoms with Crippen molar-refractivity contribution in [1.29, 1.82) is 0 Å². The quantitative estimate of drug-likeness (QED) is 0.139. The van der Waals surface area contributed by atoms with Gasteiger partial charge in [0.1, 0.15) is 43.5 Å². The monoisotopic (exact) mass is 533 g/mol. The van der Waals surface area contributed by atoms with Crippen molar-refractivity contribution in [2.24, 2.45) is 0 Å². The van der Waals surface area contributed by atoms with E-state index < -0.39 is 85.2 Å². The van der Waals surface area contributed by atoms with Gasteiger partial charge in [0.25, 0.3) is 0 Å². The summed E-state index contributed by atoms with van der Waals surface area (Å²) in [5.41, 5.74) is 0. The molecule has 1 aliphatic rings. The fraction of sp³-hybridized carbons (Fsp3) is 1.00. The summed E-state index contributed by atoms with van der Waals surface area (Å²) in [6.45, 7) is 0.976. The predicted octanol–water partition coefficient (Wildman–Crippen LogP) is -0.528. The Labute approximate surface area is 185 Å². The van der Waals surface area contributed by atoms with E-state index in [0.717, 1.165) is 6.92 Å². The Morgan fingerprint density at radius 2 is 1.41 bits per heavy atom. The van der Waals surface area contributed by atoms with Crippen molar-refractivity contribution >= 4 is 22.8 Å². The molecule has 1 rings (SSSR count). The van der Waals surface area contributed by atoms with E-state index in [4.69, 9.17) is 39.7 Å². The van der Waals surface area contributed by atoms with E-state index in [1.54, 1.807) is 6.92 Å². The van der Waals surface area contributed by atoms with Crippen molar-refractivity contribution < 1.29 is 73.2 Å². The van der Waals surface area contributed by atoms with Gasteiger partial charge in [0, 0.05) is 6.58 Å². The number of aliphatic hydroxyl groups excluding tert-OH is 3. The smallest absolute Gasteiger partial charge is 0.353 e. The van der Waals surface area contributed by atoms with Gasteiger partial charge in [-0.3, -0.25) is 27.3 Å². The lowest BCUT2D eigenvalue weighted by molar-refractivity contribution is -0.332. The highest BCUT2D eigenvalue weighted by Crippen LogP contribution is 2.54. The molecule has 0 saturated carbocycles. The van der Waals surface area contributed by atoms with Crippen molar-refractivity contribution in [2.45, 2.75) is 56.9 Å². The second-order valence-corrected chi connectivity index (χ2v) is 12.3. The standard InChI is InChI=1S/C14H31O15P3/c1-3-4-5-25-6-10-11(27-30(19,20)7-15)12(28-31(21,22)8-16)13(14(2,18)26-10)29-32(23,24)9-17/h10-13,15-18H,3-9H2,1-2H3,(H,19,20)(H,21,22)(H,23,24)/t10-,11-,12+,13-,14?/m1/s1/i5D/t5?,10-,11-,12+,13-,14?. The summed E-state index contributed by atoms with van der Waals surface area (Å²) in [6, 6.07) is 0. The van der Waals surface area contributed by atoms with Gasteiger partial charge in [-0.1, -0.05) is 13.3 Å². The third kappa shape index (κ3) is 9.10. The lowest BCUT2D eigenvalue weighted by Crippen LogP contribution is -2.65. The zero-order chi connectivity index (χ0) is 25.7. The highest BCUT2D eigenvalue weighted by molar-refractivity contribution is 7.53. The van der Waals surface area contributed by atoms with Crippen LogP contribution in [0.25, 0.3) is 0 Å². The van der Waals surface area contributed by atoms with Crippen LogP contribution in [0.1, 0.15) is 28.1 Å². The summed E-state index contributed by atoms with van der Waals surface area (Å²) in [5, 5.41) is 38.1. The zero-order valence-electron chi connectivity index (χ0n) is 18.4. The Morgan fingerprint density at radius 3 is 1.88 bits per heavy atom. The molecule has 0 aromatic heterocycles. The topological polar surface area (TPSA) is 239 Å². The molecule has 0 aromatic rings. The van der Waals surface area contributed by atoms with Crippen LogP contribution in [0.5, 0.6) is 0 Å². The maximum absolute atomic E-state index is 12.1. The van der Waals surface area contributed by atoms with E-state index in [1.807, 2.05) is 0 Å². The summed E-state index contributed by atoms with van der Waals surface area (Å²) in [5.74, 6) is -2.61. The number of ether oxygens (including phenoxy) is 2. The van der Waals surface area contributed by atoms with Gasteiger partial charge >= 0.3 is 22.8 Å². The molecule has 1 heterocycles. The average Bonchev–Trinajstić information content (AvgIpc) is 2.71. The normalized spacial score (nSPS) is 35.8. The molecule has 7 N–H and O–H groups in total. The first-order valence-corrected chi connectivity index (χ1v) is 14.6. The van der Waals surface area contributed by atoms with Gasteiger partial charge in [-0.25, -0.2) is 0 Å². The van der Waals surface area contributed by atoms with Crippen LogP contribution in [-0.2, 0) is 36.7 Å². The van der Waals surface area contributed by atoms with Crippen molar-refractivity contribution in [3.8, 4) is 0 Å². The highest BCUT2D eigenvalue weighted by Gasteiger charge is 2.58. The van der Waals surface area contributed by atoms with Gasteiger partial charge in [-0.2, -0.15) is 0 Å². The molecular formula is C14H31O15P3. The van der Waals surface area contributed by atoms with Crippen molar-refractivity contribution in [3.63, 3.8) is 0 Å². The predicted molar refractivity (Wildman–Crippen MR) is 107 cm³/mol. The fourth-order valence-corrected chi connectivity index (χ4v) is 4.80. The molecule has 5 unspecified atom stereocenters. The first-order chi connectivity index (χ1) is 15.0. The van der Waals surface area contributed by atoms with Crippen molar-refractivity contribution in [2.75, 3.05) is 32.2 Å². The largest absolute Gasteiger partial charge is 0.384 e. The first-order valence-electron chi connectivity index (χ1n) is 9.88. The minimum atomic E-state index is -4.91. The van der Waals surface area contributed by atoms with Crippen molar-refractivity contribution in [1.82, 2.24) is 0 Å². The summed E-state index contributed by atoms with van der Waals surface area (Å²) in [4.78, 5) is 29.3. The van der Waals surface area contributed by atoms with Crippen LogP contribution in [0.15, 0.2) is 0 Å². The second kappa shape index (κ2) is 12.3. The van der Waals surface area contributed by atoms with Gasteiger partial charge in [0.05, 0.1) is 7.98 Å². The SMILES string of the molecule is [2H]C(CCC)OC[C@H]1OC(C)(O)[C@H](OP(=O)(O)CO)[C@@H](OP(=O)(O)CO)[C@@H]1OP(=O)(O)CO. The minimum absolute atomic E-state index is 0.274.